The predicted octanol–water partition coefficient (Wildman–Crippen LogP) is 1.71. The number of hydrogen-bond acceptors (Lipinski definition) is 3. The summed E-state index contributed by atoms with van der Waals surface area (Å²) in [5.41, 5.74) is 1.11. The number of benzene rings is 2. The predicted molar refractivity (Wildman–Crippen MR) is 73.3 cm³/mol. The Labute approximate surface area is 111 Å². The molecule has 0 aliphatic heterocycles. The van der Waals surface area contributed by atoms with Crippen LogP contribution in [0.4, 0.5) is 0 Å². The van der Waals surface area contributed by atoms with Gasteiger partial charge in [0.1, 0.15) is 5.75 Å². The average Bonchev–Trinajstić information content (AvgIpc) is 2.46. The van der Waals surface area contributed by atoms with Crippen LogP contribution in [-0.4, -0.2) is 25.8 Å². The summed E-state index contributed by atoms with van der Waals surface area (Å²) in [6.07, 6.45) is 0.980. The minimum Gasteiger partial charge on any atom is -0.497 e. The highest BCUT2D eigenvalue weighted by Crippen LogP contribution is 2.21. The summed E-state index contributed by atoms with van der Waals surface area (Å²) in [4.78, 5) is 21.0. The Balaban J connectivity index is 2.09. The molecule has 4 nitrogen and oxygen atoms in total. The molecule has 4 heteroatoms. The second-order valence-electron chi connectivity index (χ2n) is 4.21. The molecule has 2 aromatic rings. The van der Waals surface area contributed by atoms with Gasteiger partial charge < -0.3 is 10.1 Å². The van der Waals surface area contributed by atoms with E-state index < -0.39 is 5.91 Å². The Morgan fingerprint density at radius 1 is 1.21 bits per heavy atom. The zero-order valence-electron chi connectivity index (χ0n) is 10.7. The molecule has 0 fully saturated rings. The molecule has 0 bridgehead atoms. The number of methoxy groups -OCH3 is 1. The topological polar surface area (TPSA) is 55.4 Å². The Kier molecular flexibility index (Phi) is 4.13. The summed E-state index contributed by atoms with van der Waals surface area (Å²) in [6.45, 7) is 0.458. The fourth-order valence-corrected chi connectivity index (χ4v) is 1.93. The van der Waals surface area contributed by atoms with E-state index in [-0.39, 0.29) is 6.29 Å². The molecular weight excluding hydrogens is 242 g/mol. The summed E-state index contributed by atoms with van der Waals surface area (Å²) in [5, 5.41) is 4.76. The van der Waals surface area contributed by atoms with Crippen molar-refractivity contribution in [3.63, 3.8) is 0 Å². The van der Waals surface area contributed by atoms with Crippen molar-refractivity contribution in [2.24, 2.45) is 0 Å². The Bertz CT molecular complexity index is 607. The molecule has 1 amide bonds. The van der Waals surface area contributed by atoms with Gasteiger partial charge in [-0.1, -0.05) is 24.3 Å². The number of aldehydes is 1. The first kappa shape index (κ1) is 13.1. The number of hydrogen-bond donors (Lipinski definition) is 1. The summed E-state index contributed by atoms with van der Waals surface area (Å²) in [5.74, 6) is 0.254. The second kappa shape index (κ2) is 6.00. The fraction of sp³-hybridized carbons (Fsp3) is 0.200. The molecule has 2 rings (SSSR count). The number of carbonyl (C=O) groups excluding carboxylic acids is 2. The lowest BCUT2D eigenvalue weighted by Gasteiger charge is -2.06. The molecule has 0 saturated heterocycles. The molecule has 0 saturated carbocycles. The zero-order valence-corrected chi connectivity index (χ0v) is 10.7. The third kappa shape index (κ3) is 3.31. The maximum Gasteiger partial charge on any atom is 0.284 e. The van der Waals surface area contributed by atoms with Crippen LogP contribution in [-0.2, 0) is 16.0 Å². The van der Waals surface area contributed by atoms with Gasteiger partial charge in [0.05, 0.1) is 7.11 Å². The molecule has 0 aromatic heterocycles. The van der Waals surface area contributed by atoms with Crippen molar-refractivity contribution in [2.45, 2.75) is 6.42 Å². The maximum atomic E-state index is 10.8. The molecule has 0 radical (unpaired) electrons. The Morgan fingerprint density at radius 3 is 2.68 bits per heavy atom. The van der Waals surface area contributed by atoms with E-state index in [0.29, 0.717) is 13.0 Å². The quantitative estimate of drug-likeness (QED) is 0.655. The van der Waals surface area contributed by atoms with E-state index in [0.717, 1.165) is 22.1 Å². The summed E-state index contributed by atoms with van der Waals surface area (Å²) in [6, 6.07) is 12.0. The Morgan fingerprint density at radius 2 is 1.95 bits per heavy atom. The standard InChI is InChI=1S/C15H15NO3/c1-19-14-5-4-12-8-11(2-3-13(12)9-14)6-7-16-15(18)10-17/h2-5,8-10H,6-7H2,1H3,(H,16,18). The third-order valence-electron chi connectivity index (χ3n) is 2.93. The second-order valence-corrected chi connectivity index (χ2v) is 4.21. The number of fused-ring (bicyclic) bond motifs is 1. The minimum absolute atomic E-state index is 0.284. The average molecular weight is 257 g/mol. The van der Waals surface area contributed by atoms with Crippen molar-refractivity contribution >= 4 is 23.0 Å². The van der Waals surface area contributed by atoms with Crippen LogP contribution < -0.4 is 10.1 Å². The van der Waals surface area contributed by atoms with Gasteiger partial charge in [0.25, 0.3) is 5.91 Å². The minimum atomic E-state index is -0.578. The van der Waals surface area contributed by atoms with E-state index in [2.05, 4.69) is 11.4 Å². The monoisotopic (exact) mass is 257 g/mol. The van der Waals surface area contributed by atoms with E-state index in [9.17, 15) is 9.59 Å². The van der Waals surface area contributed by atoms with Crippen molar-refractivity contribution in [3.8, 4) is 5.75 Å². The molecule has 0 aliphatic rings. The lowest BCUT2D eigenvalue weighted by Crippen LogP contribution is -2.26. The number of carbonyl (C=O) groups is 2. The number of amides is 1. The van der Waals surface area contributed by atoms with Crippen molar-refractivity contribution in [1.82, 2.24) is 5.32 Å². The van der Waals surface area contributed by atoms with Gasteiger partial charge in [-0.3, -0.25) is 9.59 Å². The van der Waals surface area contributed by atoms with Gasteiger partial charge in [0, 0.05) is 6.54 Å². The lowest BCUT2D eigenvalue weighted by molar-refractivity contribution is -0.131. The van der Waals surface area contributed by atoms with Gasteiger partial charge in [-0.2, -0.15) is 0 Å². The highest BCUT2D eigenvalue weighted by molar-refractivity contribution is 6.23. The third-order valence-corrected chi connectivity index (χ3v) is 2.93. The van der Waals surface area contributed by atoms with Crippen LogP contribution in [0.15, 0.2) is 36.4 Å². The molecule has 0 unspecified atom stereocenters. The Hall–Kier alpha value is -2.36. The van der Waals surface area contributed by atoms with Crippen LogP contribution in [0.25, 0.3) is 10.8 Å². The van der Waals surface area contributed by atoms with Crippen molar-refractivity contribution in [1.29, 1.82) is 0 Å². The van der Waals surface area contributed by atoms with Crippen molar-refractivity contribution in [2.75, 3.05) is 13.7 Å². The first-order valence-corrected chi connectivity index (χ1v) is 6.02. The normalized spacial score (nSPS) is 10.2. The van der Waals surface area contributed by atoms with Crippen LogP contribution in [0.2, 0.25) is 0 Å². The summed E-state index contributed by atoms with van der Waals surface area (Å²) in [7, 11) is 1.64. The highest BCUT2D eigenvalue weighted by Gasteiger charge is 2.00. The maximum absolute atomic E-state index is 10.8. The van der Waals surface area contributed by atoms with Gasteiger partial charge in [-0.25, -0.2) is 0 Å². The smallest absolute Gasteiger partial charge is 0.284 e. The van der Waals surface area contributed by atoms with E-state index in [1.54, 1.807) is 7.11 Å². The van der Waals surface area contributed by atoms with Crippen LogP contribution >= 0.6 is 0 Å². The molecule has 0 spiro atoms. The van der Waals surface area contributed by atoms with E-state index in [1.165, 1.54) is 0 Å². The largest absolute Gasteiger partial charge is 0.497 e. The molecule has 19 heavy (non-hydrogen) atoms. The van der Waals surface area contributed by atoms with Crippen LogP contribution in [0.5, 0.6) is 5.75 Å². The van der Waals surface area contributed by atoms with Gasteiger partial charge in [-0.05, 0) is 34.9 Å². The summed E-state index contributed by atoms with van der Waals surface area (Å²) < 4.78 is 5.18. The van der Waals surface area contributed by atoms with Crippen LogP contribution in [0.3, 0.4) is 0 Å². The van der Waals surface area contributed by atoms with E-state index in [1.807, 2.05) is 30.3 Å². The first-order chi connectivity index (χ1) is 9.22. The summed E-state index contributed by atoms with van der Waals surface area (Å²) >= 11 is 0. The lowest BCUT2D eigenvalue weighted by atomic mass is 10.0. The highest BCUT2D eigenvalue weighted by atomic mass is 16.5. The van der Waals surface area contributed by atoms with Crippen molar-refractivity contribution in [3.05, 3.63) is 42.0 Å². The molecule has 0 aliphatic carbocycles. The van der Waals surface area contributed by atoms with Crippen molar-refractivity contribution < 1.29 is 14.3 Å². The molecule has 98 valence electrons. The number of nitrogens with one attached hydrogen (secondary N) is 1. The van der Waals surface area contributed by atoms with E-state index >= 15 is 0 Å². The van der Waals surface area contributed by atoms with Gasteiger partial charge in [0.15, 0.2) is 0 Å². The van der Waals surface area contributed by atoms with Gasteiger partial charge in [0.2, 0.25) is 6.29 Å². The SMILES string of the molecule is COc1ccc2cc(CCNC(=O)C=O)ccc2c1. The molecular formula is C15H15NO3. The van der Waals surface area contributed by atoms with Crippen LogP contribution in [0.1, 0.15) is 5.56 Å². The molecule has 0 atom stereocenters. The molecule has 1 N–H and O–H groups in total. The molecule has 0 heterocycles. The number of rotatable bonds is 5. The van der Waals surface area contributed by atoms with E-state index in [4.69, 9.17) is 4.74 Å². The van der Waals surface area contributed by atoms with Gasteiger partial charge in [-0.15, -0.1) is 0 Å². The fourth-order valence-electron chi connectivity index (χ4n) is 1.93. The van der Waals surface area contributed by atoms with Crippen LogP contribution in [0, 0.1) is 0 Å². The zero-order chi connectivity index (χ0) is 13.7. The molecule has 2 aromatic carbocycles. The first-order valence-electron chi connectivity index (χ1n) is 6.02. The number of ether oxygens (including phenoxy) is 1. The van der Waals surface area contributed by atoms with Gasteiger partial charge >= 0.3 is 0 Å².